The maximum Gasteiger partial charge on any atom is 0.153 e. The van der Waals surface area contributed by atoms with Crippen molar-refractivity contribution in [3.05, 3.63) is 58.9 Å². The van der Waals surface area contributed by atoms with E-state index in [-0.39, 0.29) is 0 Å². The first-order valence-corrected chi connectivity index (χ1v) is 7.38. The predicted octanol–water partition coefficient (Wildman–Crippen LogP) is 3.13. The first-order chi connectivity index (χ1) is 9.92. The van der Waals surface area contributed by atoms with E-state index in [9.17, 15) is 0 Å². The van der Waals surface area contributed by atoms with Crippen molar-refractivity contribution in [3.8, 4) is 11.5 Å². The van der Waals surface area contributed by atoms with Crippen LogP contribution >= 0.6 is 11.3 Å². The number of furan rings is 1. The maximum atomic E-state index is 5.34. The van der Waals surface area contributed by atoms with Gasteiger partial charge in [-0.15, -0.1) is 11.3 Å². The van der Waals surface area contributed by atoms with Crippen molar-refractivity contribution in [2.45, 2.75) is 13.0 Å². The van der Waals surface area contributed by atoms with E-state index >= 15 is 0 Å². The van der Waals surface area contributed by atoms with Crippen molar-refractivity contribution >= 4 is 11.3 Å². The van der Waals surface area contributed by atoms with E-state index in [0.717, 1.165) is 36.0 Å². The third-order valence-electron chi connectivity index (χ3n) is 2.89. The molecule has 0 aliphatic heterocycles. The molecule has 0 bridgehead atoms. The summed E-state index contributed by atoms with van der Waals surface area (Å²) in [4.78, 5) is 8.66. The average molecular weight is 285 g/mol. The van der Waals surface area contributed by atoms with Crippen molar-refractivity contribution in [2.24, 2.45) is 0 Å². The van der Waals surface area contributed by atoms with E-state index in [1.807, 2.05) is 29.8 Å². The van der Waals surface area contributed by atoms with Gasteiger partial charge in [0.15, 0.2) is 5.76 Å². The Kier molecular flexibility index (Phi) is 4.20. The highest BCUT2D eigenvalue weighted by Crippen LogP contribution is 2.22. The van der Waals surface area contributed by atoms with Crippen molar-refractivity contribution in [1.82, 2.24) is 15.3 Å². The molecular formula is C15H15N3OS. The van der Waals surface area contributed by atoms with Gasteiger partial charge in [0.2, 0.25) is 0 Å². The third-order valence-corrected chi connectivity index (χ3v) is 3.80. The fourth-order valence-corrected chi connectivity index (χ4v) is 2.68. The Labute approximate surface area is 121 Å². The second-order valence-corrected chi connectivity index (χ2v) is 5.33. The first-order valence-electron chi connectivity index (χ1n) is 6.50. The van der Waals surface area contributed by atoms with Gasteiger partial charge in [-0.1, -0.05) is 6.07 Å². The minimum absolute atomic E-state index is 0.829. The number of pyridine rings is 1. The van der Waals surface area contributed by atoms with Crippen LogP contribution in [0.15, 0.2) is 52.7 Å². The van der Waals surface area contributed by atoms with Crippen LogP contribution in [0.2, 0.25) is 0 Å². The molecule has 0 saturated carbocycles. The monoisotopic (exact) mass is 285 g/mol. The Morgan fingerprint density at radius 1 is 1.25 bits per heavy atom. The van der Waals surface area contributed by atoms with Gasteiger partial charge >= 0.3 is 0 Å². The van der Waals surface area contributed by atoms with Crippen LogP contribution < -0.4 is 5.32 Å². The molecule has 0 amide bonds. The number of hydrogen-bond acceptors (Lipinski definition) is 5. The highest BCUT2D eigenvalue weighted by Gasteiger charge is 2.06. The summed E-state index contributed by atoms with van der Waals surface area (Å²) in [6.45, 7) is 1.74. The van der Waals surface area contributed by atoms with Gasteiger partial charge in [0.05, 0.1) is 11.3 Å². The number of aromatic nitrogens is 2. The first kappa shape index (κ1) is 13.0. The Morgan fingerprint density at radius 3 is 3.05 bits per heavy atom. The molecule has 0 aromatic carbocycles. The van der Waals surface area contributed by atoms with Crippen LogP contribution in [0.3, 0.4) is 0 Å². The largest absolute Gasteiger partial charge is 0.463 e. The van der Waals surface area contributed by atoms with Crippen LogP contribution in [0.5, 0.6) is 0 Å². The molecule has 3 rings (SSSR count). The van der Waals surface area contributed by atoms with Crippen LogP contribution in [0.4, 0.5) is 0 Å². The van der Waals surface area contributed by atoms with Gasteiger partial charge in [0.25, 0.3) is 0 Å². The smallest absolute Gasteiger partial charge is 0.153 e. The van der Waals surface area contributed by atoms with E-state index in [2.05, 4.69) is 21.4 Å². The molecule has 3 heterocycles. The molecule has 0 radical (unpaired) electrons. The van der Waals surface area contributed by atoms with Gasteiger partial charge in [0.1, 0.15) is 5.69 Å². The second kappa shape index (κ2) is 6.45. The summed E-state index contributed by atoms with van der Waals surface area (Å²) >= 11 is 1.67. The lowest BCUT2D eigenvalue weighted by Crippen LogP contribution is -2.16. The molecular weight excluding hydrogens is 270 g/mol. The fraction of sp³-hybridized carbons (Fsp3) is 0.200. The van der Waals surface area contributed by atoms with Crippen LogP contribution in [-0.4, -0.2) is 16.5 Å². The molecule has 0 atom stereocenters. The van der Waals surface area contributed by atoms with Crippen LogP contribution in [0.25, 0.3) is 11.5 Å². The SMILES string of the molecule is c1cncc(CNCCc2nc(-c3ccco3)cs2)c1. The molecule has 5 heteroatoms. The van der Waals surface area contributed by atoms with E-state index in [1.54, 1.807) is 23.8 Å². The summed E-state index contributed by atoms with van der Waals surface area (Å²) in [5.74, 6) is 0.829. The number of hydrogen-bond donors (Lipinski definition) is 1. The topological polar surface area (TPSA) is 51.0 Å². The molecule has 0 aliphatic carbocycles. The van der Waals surface area contributed by atoms with Gasteiger partial charge < -0.3 is 9.73 Å². The predicted molar refractivity (Wildman–Crippen MR) is 79.5 cm³/mol. The zero-order valence-electron chi connectivity index (χ0n) is 11.0. The number of rotatable bonds is 6. The molecule has 3 aromatic heterocycles. The summed E-state index contributed by atoms with van der Waals surface area (Å²) in [5, 5.41) is 6.55. The minimum Gasteiger partial charge on any atom is -0.463 e. The van der Waals surface area contributed by atoms with Crippen molar-refractivity contribution in [2.75, 3.05) is 6.54 Å². The minimum atomic E-state index is 0.829. The number of nitrogens with zero attached hydrogens (tertiary/aromatic N) is 2. The molecule has 1 N–H and O–H groups in total. The molecule has 4 nitrogen and oxygen atoms in total. The van der Waals surface area contributed by atoms with Gasteiger partial charge in [-0.05, 0) is 23.8 Å². The summed E-state index contributed by atoms with van der Waals surface area (Å²) in [6, 6.07) is 7.83. The highest BCUT2D eigenvalue weighted by molar-refractivity contribution is 7.09. The van der Waals surface area contributed by atoms with Gasteiger partial charge in [0, 0.05) is 37.3 Å². The standard InChI is InChI=1S/C15H15N3OS/c1-3-12(9-16-6-1)10-17-7-5-15-18-13(11-20-15)14-4-2-8-19-14/h1-4,6,8-9,11,17H,5,7,10H2. The van der Waals surface area contributed by atoms with E-state index in [4.69, 9.17) is 4.42 Å². The molecule has 0 aliphatic rings. The summed E-state index contributed by atoms with van der Waals surface area (Å²) in [6.07, 6.45) is 6.26. The second-order valence-electron chi connectivity index (χ2n) is 4.39. The molecule has 3 aromatic rings. The Morgan fingerprint density at radius 2 is 2.25 bits per heavy atom. The summed E-state index contributed by atoms with van der Waals surface area (Å²) in [7, 11) is 0. The van der Waals surface area contributed by atoms with Gasteiger partial charge in [-0.2, -0.15) is 0 Å². The molecule has 102 valence electrons. The lowest BCUT2D eigenvalue weighted by atomic mass is 10.3. The normalized spacial score (nSPS) is 10.8. The van der Waals surface area contributed by atoms with E-state index in [0.29, 0.717) is 0 Å². The molecule has 0 fully saturated rings. The Hall–Kier alpha value is -1.98. The van der Waals surface area contributed by atoms with E-state index < -0.39 is 0 Å². The average Bonchev–Trinajstić information content (AvgIpc) is 3.15. The molecule has 20 heavy (non-hydrogen) atoms. The van der Waals surface area contributed by atoms with Crippen LogP contribution in [0.1, 0.15) is 10.6 Å². The third kappa shape index (κ3) is 3.31. The Bertz CT molecular complexity index is 634. The van der Waals surface area contributed by atoms with E-state index in [1.165, 1.54) is 5.56 Å². The Balaban J connectivity index is 1.47. The summed E-state index contributed by atoms with van der Waals surface area (Å²) < 4.78 is 5.34. The zero-order valence-corrected chi connectivity index (χ0v) is 11.8. The van der Waals surface area contributed by atoms with Gasteiger partial charge in [-0.25, -0.2) is 4.98 Å². The van der Waals surface area contributed by atoms with Gasteiger partial charge in [-0.3, -0.25) is 4.98 Å². The van der Waals surface area contributed by atoms with Crippen molar-refractivity contribution in [1.29, 1.82) is 0 Å². The van der Waals surface area contributed by atoms with Crippen molar-refractivity contribution in [3.63, 3.8) is 0 Å². The quantitative estimate of drug-likeness (QED) is 0.707. The van der Waals surface area contributed by atoms with Crippen molar-refractivity contribution < 1.29 is 4.42 Å². The fourth-order valence-electron chi connectivity index (χ4n) is 1.89. The molecule has 0 unspecified atom stereocenters. The lowest BCUT2D eigenvalue weighted by molar-refractivity contribution is 0.580. The van der Waals surface area contributed by atoms with Crippen LogP contribution in [0, 0.1) is 0 Å². The van der Waals surface area contributed by atoms with Crippen LogP contribution in [-0.2, 0) is 13.0 Å². The number of thiazole rings is 1. The maximum absolute atomic E-state index is 5.34. The highest BCUT2D eigenvalue weighted by atomic mass is 32.1. The molecule has 0 spiro atoms. The zero-order chi connectivity index (χ0) is 13.6. The summed E-state index contributed by atoms with van der Waals surface area (Å²) in [5.41, 5.74) is 2.12. The number of nitrogens with one attached hydrogen (secondary N) is 1. The lowest BCUT2D eigenvalue weighted by Gasteiger charge is -2.02. The molecule has 0 saturated heterocycles.